The van der Waals surface area contributed by atoms with Gasteiger partial charge in [-0.1, -0.05) is 17.6 Å². The van der Waals surface area contributed by atoms with E-state index in [0.717, 1.165) is 25.3 Å². The molecule has 0 radical (unpaired) electrons. The molecule has 3 nitrogen and oxygen atoms in total. The van der Waals surface area contributed by atoms with Gasteiger partial charge in [0.05, 0.1) is 5.71 Å². The van der Waals surface area contributed by atoms with Crippen LogP contribution in [-0.2, 0) is 0 Å². The first kappa shape index (κ1) is 11.8. The van der Waals surface area contributed by atoms with E-state index in [0.29, 0.717) is 5.71 Å². The van der Waals surface area contributed by atoms with E-state index in [9.17, 15) is 8.78 Å². The number of halogens is 2. The molecule has 0 bridgehead atoms. The summed E-state index contributed by atoms with van der Waals surface area (Å²) in [6.45, 7) is -0.0124. The molecule has 1 aromatic carbocycles. The van der Waals surface area contributed by atoms with Gasteiger partial charge in [-0.25, -0.2) is 4.39 Å². The molecule has 0 saturated heterocycles. The van der Waals surface area contributed by atoms with E-state index in [1.807, 2.05) is 0 Å². The lowest BCUT2D eigenvalue weighted by molar-refractivity contribution is 0.281. The van der Waals surface area contributed by atoms with Gasteiger partial charge in [-0.3, -0.25) is 0 Å². The monoisotopic (exact) mass is 241 g/mol. The number of oxime groups is 1. The van der Waals surface area contributed by atoms with E-state index in [1.165, 1.54) is 12.1 Å². The third kappa shape index (κ3) is 2.54. The summed E-state index contributed by atoms with van der Waals surface area (Å²) in [5, 5.41) is 12.0. The average Bonchev–Trinajstić information content (AvgIpc) is 2.26. The van der Waals surface area contributed by atoms with Gasteiger partial charge in [-0.05, 0) is 25.0 Å². The van der Waals surface area contributed by atoms with Crippen LogP contribution < -0.4 is 4.74 Å². The Morgan fingerprint density at radius 3 is 2.76 bits per heavy atom. The maximum atomic E-state index is 13.3. The van der Waals surface area contributed by atoms with Crippen molar-refractivity contribution in [1.29, 1.82) is 0 Å². The van der Waals surface area contributed by atoms with Gasteiger partial charge in [0.1, 0.15) is 6.61 Å². The lowest BCUT2D eigenvalue weighted by Gasteiger charge is -2.25. The number of hydrogen-bond donors (Lipinski definition) is 1. The summed E-state index contributed by atoms with van der Waals surface area (Å²) in [4.78, 5) is 0. The Labute approximate surface area is 97.7 Å². The molecule has 92 valence electrons. The van der Waals surface area contributed by atoms with Crippen LogP contribution in [0.15, 0.2) is 23.4 Å². The fourth-order valence-corrected chi connectivity index (χ4v) is 1.72. The summed E-state index contributed by atoms with van der Waals surface area (Å²) in [6.07, 6.45) is 3.00. The fraction of sp³-hybridized carbons (Fsp3) is 0.417. The number of nitrogens with zero attached hydrogens (tertiary/aromatic N) is 1. The highest BCUT2D eigenvalue weighted by Gasteiger charge is 2.24. The largest absolute Gasteiger partial charge is 0.484 e. The zero-order valence-corrected chi connectivity index (χ0v) is 9.20. The molecule has 1 aliphatic carbocycles. The second kappa shape index (κ2) is 5.12. The highest BCUT2D eigenvalue weighted by Crippen LogP contribution is 2.28. The van der Waals surface area contributed by atoms with Crippen LogP contribution in [0.1, 0.15) is 19.3 Å². The summed E-state index contributed by atoms with van der Waals surface area (Å²) >= 11 is 0. The number of benzene rings is 1. The molecule has 0 spiro atoms. The molecular formula is C12H13F2NO2. The molecule has 1 N–H and O–H groups in total. The van der Waals surface area contributed by atoms with Crippen molar-refractivity contribution in [3.63, 3.8) is 0 Å². The predicted molar refractivity (Wildman–Crippen MR) is 58.4 cm³/mol. The van der Waals surface area contributed by atoms with Crippen molar-refractivity contribution in [2.45, 2.75) is 19.3 Å². The van der Waals surface area contributed by atoms with Gasteiger partial charge in [-0.2, -0.15) is 4.39 Å². The van der Waals surface area contributed by atoms with Crippen LogP contribution in [0.5, 0.6) is 5.75 Å². The van der Waals surface area contributed by atoms with Crippen molar-refractivity contribution in [3.8, 4) is 5.75 Å². The first-order chi connectivity index (χ1) is 8.22. The van der Waals surface area contributed by atoms with Gasteiger partial charge >= 0.3 is 0 Å². The Hall–Kier alpha value is -1.65. The summed E-state index contributed by atoms with van der Waals surface area (Å²) in [5.74, 6) is -1.92. The lowest BCUT2D eigenvalue weighted by Crippen LogP contribution is -2.27. The highest BCUT2D eigenvalue weighted by atomic mass is 19.2. The Morgan fingerprint density at radius 1 is 1.41 bits per heavy atom. The molecule has 0 amide bonds. The van der Waals surface area contributed by atoms with E-state index < -0.39 is 11.6 Å². The smallest absolute Gasteiger partial charge is 0.200 e. The van der Waals surface area contributed by atoms with Gasteiger partial charge in [0.15, 0.2) is 11.6 Å². The van der Waals surface area contributed by atoms with E-state index in [4.69, 9.17) is 9.94 Å². The van der Waals surface area contributed by atoms with E-state index in [1.54, 1.807) is 0 Å². The molecule has 2 rings (SSSR count). The van der Waals surface area contributed by atoms with Crippen LogP contribution in [0.3, 0.4) is 0 Å². The SMILES string of the molecule is O/N=C(/COc1cccc(F)c1F)C1CCC1. The molecule has 0 aliphatic heterocycles. The third-order valence-electron chi connectivity index (χ3n) is 3.00. The standard InChI is InChI=1S/C12H13F2NO2/c13-9-5-2-6-11(12(9)14)17-7-10(15-16)8-3-1-4-8/h2,5-6,8,16H,1,3-4,7H2/b15-10-. The quantitative estimate of drug-likeness (QED) is 0.500. The minimum atomic E-state index is -1.02. The summed E-state index contributed by atoms with van der Waals surface area (Å²) in [7, 11) is 0. The van der Waals surface area contributed by atoms with Gasteiger partial charge < -0.3 is 9.94 Å². The minimum absolute atomic E-state index is 0.0124. The van der Waals surface area contributed by atoms with Crippen LogP contribution >= 0.6 is 0 Å². The molecule has 0 heterocycles. The number of hydrogen-bond acceptors (Lipinski definition) is 3. The fourth-order valence-electron chi connectivity index (χ4n) is 1.72. The normalized spacial score (nSPS) is 16.7. The molecule has 1 saturated carbocycles. The van der Waals surface area contributed by atoms with Crippen molar-refractivity contribution >= 4 is 5.71 Å². The van der Waals surface area contributed by atoms with Gasteiger partial charge in [0, 0.05) is 5.92 Å². The Balaban J connectivity index is 1.99. The van der Waals surface area contributed by atoms with Crippen molar-refractivity contribution in [2.24, 2.45) is 11.1 Å². The van der Waals surface area contributed by atoms with Crippen molar-refractivity contribution in [3.05, 3.63) is 29.8 Å². The molecule has 0 unspecified atom stereocenters. The van der Waals surface area contributed by atoms with Crippen molar-refractivity contribution < 1.29 is 18.7 Å². The molecular weight excluding hydrogens is 228 g/mol. The molecule has 0 atom stereocenters. The molecule has 5 heteroatoms. The topological polar surface area (TPSA) is 41.8 Å². The molecule has 1 aromatic rings. The van der Waals surface area contributed by atoms with E-state index >= 15 is 0 Å². The maximum absolute atomic E-state index is 13.3. The van der Waals surface area contributed by atoms with Crippen LogP contribution in [0.4, 0.5) is 8.78 Å². The first-order valence-corrected chi connectivity index (χ1v) is 5.50. The van der Waals surface area contributed by atoms with E-state index in [2.05, 4.69) is 5.16 Å². The van der Waals surface area contributed by atoms with Crippen molar-refractivity contribution in [1.82, 2.24) is 0 Å². The third-order valence-corrected chi connectivity index (χ3v) is 3.00. The summed E-state index contributed by atoms with van der Waals surface area (Å²) in [6, 6.07) is 3.73. The second-order valence-electron chi connectivity index (χ2n) is 4.06. The average molecular weight is 241 g/mol. The molecule has 0 aromatic heterocycles. The maximum Gasteiger partial charge on any atom is 0.200 e. The minimum Gasteiger partial charge on any atom is -0.484 e. The summed E-state index contributed by atoms with van der Waals surface area (Å²) < 4.78 is 31.3. The zero-order valence-electron chi connectivity index (χ0n) is 9.20. The highest BCUT2D eigenvalue weighted by molar-refractivity contribution is 5.88. The second-order valence-corrected chi connectivity index (χ2v) is 4.06. The van der Waals surface area contributed by atoms with Crippen LogP contribution in [0, 0.1) is 17.6 Å². The number of rotatable bonds is 4. The molecule has 1 aliphatic rings. The Kier molecular flexibility index (Phi) is 3.56. The number of ether oxygens (including phenoxy) is 1. The summed E-state index contributed by atoms with van der Waals surface area (Å²) in [5.41, 5.74) is 0.486. The van der Waals surface area contributed by atoms with Gasteiger partial charge in [0.25, 0.3) is 0 Å². The Morgan fingerprint density at radius 2 is 2.18 bits per heavy atom. The lowest BCUT2D eigenvalue weighted by atomic mass is 9.82. The van der Waals surface area contributed by atoms with Crippen LogP contribution in [-0.4, -0.2) is 17.5 Å². The van der Waals surface area contributed by atoms with E-state index in [-0.39, 0.29) is 18.3 Å². The van der Waals surface area contributed by atoms with Crippen molar-refractivity contribution in [2.75, 3.05) is 6.61 Å². The Bertz CT molecular complexity index is 431. The zero-order chi connectivity index (χ0) is 12.3. The van der Waals surface area contributed by atoms with Crippen LogP contribution in [0.2, 0.25) is 0 Å². The first-order valence-electron chi connectivity index (χ1n) is 5.50. The predicted octanol–water partition coefficient (Wildman–Crippen LogP) is 2.97. The molecule has 17 heavy (non-hydrogen) atoms. The van der Waals surface area contributed by atoms with Crippen LogP contribution in [0.25, 0.3) is 0 Å². The molecule has 1 fully saturated rings. The van der Waals surface area contributed by atoms with Gasteiger partial charge in [0.2, 0.25) is 5.82 Å². The van der Waals surface area contributed by atoms with Gasteiger partial charge in [-0.15, -0.1) is 0 Å².